The van der Waals surface area contributed by atoms with E-state index in [9.17, 15) is 4.79 Å². The molecule has 1 aliphatic heterocycles. The van der Waals surface area contributed by atoms with Crippen molar-refractivity contribution in [2.45, 2.75) is 6.04 Å². The van der Waals surface area contributed by atoms with Crippen LogP contribution in [-0.2, 0) is 4.74 Å². The van der Waals surface area contributed by atoms with E-state index in [0.29, 0.717) is 6.61 Å². The first-order chi connectivity index (χ1) is 8.83. The predicted molar refractivity (Wildman–Crippen MR) is 69.1 cm³/mol. The summed E-state index contributed by atoms with van der Waals surface area (Å²) in [4.78, 5) is 11.0. The van der Waals surface area contributed by atoms with Crippen LogP contribution in [0.1, 0.15) is 11.6 Å². The van der Waals surface area contributed by atoms with Crippen LogP contribution in [0.5, 0.6) is 0 Å². The Hall–Kier alpha value is -2.29. The van der Waals surface area contributed by atoms with E-state index in [0.717, 1.165) is 5.56 Å². The van der Waals surface area contributed by atoms with Gasteiger partial charge in [0, 0.05) is 0 Å². The van der Waals surface area contributed by atoms with Crippen LogP contribution in [0.3, 0.4) is 0 Å². The van der Waals surface area contributed by atoms with Crippen LogP contribution in [0.15, 0.2) is 54.6 Å². The van der Waals surface area contributed by atoms with Crippen molar-refractivity contribution in [2.75, 3.05) is 6.61 Å². The number of alkyl carbamates (subject to hydrolysis) is 1. The minimum atomic E-state index is -0.341. The van der Waals surface area contributed by atoms with Crippen LogP contribution >= 0.6 is 0 Å². The summed E-state index contributed by atoms with van der Waals surface area (Å²) >= 11 is 0. The quantitative estimate of drug-likeness (QED) is 0.874. The third-order valence-electron chi connectivity index (χ3n) is 3.09. The molecule has 2 aromatic rings. The molecule has 0 aliphatic carbocycles. The van der Waals surface area contributed by atoms with Crippen LogP contribution in [-0.4, -0.2) is 12.7 Å². The van der Waals surface area contributed by atoms with Gasteiger partial charge < -0.3 is 10.1 Å². The summed E-state index contributed by atoms with van der Waals surface area (Å²) in [5.74, 6) is 0. The zero-order valence-electron chi connectivity index (χ0n) is 9.80. The second-order valence-corrected chi connectivity index (χ2v) is 4.28. The third kappa shape index (κ3) is 2.07. The van der Waals surface area contributed by atoms with Gasteiger partial charge in [0.2, 0.25) is 0 Å². The molecule has 0 spiro atoms. The molecule has 1 fully saturated rings. The molecule has 1 amide bonds. The summed E-state index contributed by atoms with van der Waals surface area (Å²) in [6.45, 7) is 0.406. The number of cyclic esters (lactones) is 1. The van der Waals surface area contributed by atoms with Gasteiger partial charge in [0.25, 0.3) is 0 Å². The van der Waals surface area contributed by atoms with Crippen molar-refractivity contribution in [3.8, 4) is 11.1 Å². The van der Waals surface area contributed by atoms with Crippen molar-refractivity contribution < 1.29 is 9.53 Å². The molecule has 1 saturated heterocycles. The topological polar surface area (TPSA) is 38.3 Å². The Morgan fingerprint density at radius 3 is 2.22 bits per heavy atom. The molecule has 0 radical (unpaired) electrons. The van der Waals surface area contributed by atoms with Crippen molar-refractivity contribution in [3.63, 3.8) is 0 Å². The molecule has 2 aromatic carbocycles. The number of carbonyl (C=O) groups excluding carboxylic acids is 1. The minimum absolute atomic E-state index is 0.0256. The molecule has 0 saturated carbocycles. The Labute approximate surface area is 105 Å². The first-order valence-corrected chi connectivity index (χ1v) is 5.91. The summed E-state index contributed by atoms with van der Waals surface area (Å²) in [7, 11) is 0. The molecule has 3 heteroatoms. The van der Waals surface area contributed by atoms with Gasteiger partial charge >= 0.3 is 6.09 Å². The van der Waals surface area contributed by atoms with E-state index in [2.05, 4.69) is 29.6 Å². The van der Waals surface area contributed by atoms with E-state index in [-0.39, 0.29) is 12.1 Å². The van der Waals surface area contributed by atoms with Crippen molar-refractivity contribution in [1.82, 2.24) is 5.32 Å². The van der Waals surface area contributed by atoms with E-state index in [1.54, 1.807) is 0 Å². The number of benzene rings is 2. The molecule has 18 heavy (non-hydrogen) atoms. The normalized spacial score (nSPS) is 18.2. The van der Waals surface area contributed by atoms with Crippen LogP contribution in [0.4, 0.5) is 4.79 Å². The van der Waals surface area contributed by atoms with E-state index in [1.807, 2.05) is 30.3 Å². The molecule has 0 aromatic heterocycles. The SMILES string of the molecule is O=C1N[C@H](c2ccc(-c3ccccc3)cc2)CO1. The number of carbonyl (C=O) groups is 1. The number of rotatable bonds is 2. The van der Waals surface area contributed by atoms with Crippen LogP contribution < -0.4 is 5.32 Å². The fourth-order valence-corrected chi connectivity index (χ4v) is 2.10. The van der Waals surface area contributed by atoms with Gasteiger partial charge in [0.05, 0.1) is 6.04 Å². The monoisotopic (exact) mass is 239 g/mol. The summed E-state index contributed by atoms with van der Waals surface area (Å²) in [6, 6.07) is 18.4. The maximum absolute atomic E-state index is 11.0. The average Bonchev–Trinajstić information content (AvgIpc) is 2.87. The molecule has 0 unspecified atom stereocenters. The van der Waals surface area contributed by atoms with Crippen molar-refractivity contribution in [2.24, 2.45) is 0 Å². The highest BCUT2D eigenvalue weighted by molar-refractivity contribution is 5.70. The summed E-state index contributed by atoms with van der Waals surface area (Å²) in [5, 5.41) is 2.77. The van der Waals surface area contributed by atoms with E-state index >= 15 is 0 Å². The van der Waals surface area contributed by atoms with Crippen molar-refractivity contribution >= 4 is 6.09 Å². The molecule has 1 N–H and O–H groups in total. The second kappa shape index (κ2) is 4.53. The fourth-order valence-electron chi connectivity index (χ4n) is 2.10. The third-order valence-corrected chi connectivity index (χ3v) is 3.09. The predicted octanol–water partition coefficient (Wildman–Crippen LogP) is 3.13. The largest absolute Gasteiger partial charge is 0.447 e. The Morgan fingerprint density at radius 1 is 0.944 bits per heavy atom. The van der Waals surface area contributed by atoms with E-state index in [4.69, 9.17) is 4.74 Å². The highest BCUT2D eigenvalue weighted by Crippen LogP contribution is 2.23. The van der Waals surface area contributed by atoms with Gasteiger partial charge in [-0.25, -0.2) is 4.79 Å². The highest BCUT2D eigenvalue weighted by atomic mass is 16.6. The maximum Gasteiger partial charge on any atom is 0.407 e. The van der Waals surface area contributed by atoms with Crippen molar-refractivity contribution in [3.05, 3.63) is 60.2 Å². The Balaban J connectivity index is 1.83. The molecular formula is C15H13NO2. The summed E-state index contributed by atoms with van der Waals surface area (Å²) in [5.41, 5.74) is 3.43. The molecule has 1 aliphatic rings. The van der Waals surface area contributed by atoms with Crippen molar-refractivity contribution in [1.29, 1.82) is 0 Å². The number of hydrogen-bond acceptors (Lipinski definition) is 2. The Bertz CT molecular complexity index is 548. The van der Waals surface area contributed by atoms with Crippen LogP contribution in [0.2, 0.25) is 0 Å². The lowest BCUT2D eigenvalue weighted by molar-refractivity contribution is 0.177. The van der Waals surface area contributed by atoms with E-state index < -0.39 is 0 Å². The Kier molecular flexibility index (Phi) is 2.73. The lowest BCUT2D eigenvalue weighted by Crippen LogP contribution is -2.18. The molecule has 0 bridgehead atoms. The number of amides is 1. The molecule has 3 nitrogen and oxygen atoms in total. The van der Waals surface area contributed by atoms with Crippen LogP contribution in [0.25, 0.3) is 11.1 Å². The van der Waals surface area contributed by atoms with E-state index in [1.165, 1.54) is 11.1 Å². The zero-order chi connectivity index (χ0) is 12.4. The number of hydrogen-bond donors (Lipinski definition) is 1. The fraction of sp³-hybridized carbons (Fsp3) is 0.133. The van der Waals surface area contributed by atoms with Gasteiger partial charge in [-0.05, 0) is 16.7 Å². The van der Waals surface area contributed by atoms with Gasteiger partial charge in [-0.1, -0.05) is 54.6 Å². The van der Waals surface area contributed by atoms with Gasteiger partial charge in [-0.2, -0.15) is 0 Å². The lowest BCUT2D eigenvalue weighted by Gasteiger charge is -2.08. The molecule has 3 rings (SSSR count). The van der Waals surface area contributed by atoms with Gasteiger partial charge in [0.1, 0.15) is 6.61 Å². The van der Waals surface area contributed by atoms with Gasteiger partial charge in [-0.3, -0.25) is 0 Å². The van der Waals surface area contributed by atoms with Gasteiger partial charge in [-0.15, -0.1) is 0 Å². The second-order valence-electron chi connectivity index (χ2n) is 4.28. The highest BCUT2D eigenvalue weighted by Gasteiger charge is 2.23. The maximum atomic E-state index is 11.0. The van der Waals surface area contributed by atoms with Crippen LogP contribution in [0, 0.1) is 0 Å². The zero-order valence-corrected chi connectivity index (χ0v) is 9.80. The first kappa shape index (κ1) is 10.8. The molecular weight excluding hydrogens is 226 g/mol. The molecule has 1 heterocycles. The average molecular weight is 239 g/mol. The number of nitrogens with one attached hydrogen (secondary N) is 1. The standard InChI is InChI=1S/C15H13NO2/c17-15-16-14(10-18-15)13-8-6-12(7-9-13)11-4-2-1-3-5-11/h1-9,14H,10H2,(H,16,17)/t14-/m0/s1. The lowest BCUT2D eigenvalue weighted by atomic mass is 10.0. The summed E-state index contributed by atoms with van der Waals surface area (Å²) < 4.78 is 4.88. The Morgan fingerprint density at radius 2 is 1.61 bits per heavy atom. The summed E-state index contributed by atoms with van der Waals surface area (Å²) in [6.07, 6.45) is -0.341. The number of ether oxygens (including phenoxy) is 1. The van der Waals surface area contributed by atoms with Gasteiger partial charge in [0.15, 0.2) is 0 Å². The minimum Gasteiger partial charge on any atom is -0.447 e. The molecule has 1 atom stereocenters. The first-order valence-electron chi connectivity index (χ1n) is 5.91. The molecule has 90 valence electrons. The smallest absolute Gasteiger partial charge is 0.407 e.